The van der Waals surface area contributed by atoms with Gasteiger partial charge in [-0.1, -0.05) is 0 Å². The Labute approximate surface area is 80.8 Å². The molecule has 1 aliphatic carbocycles. The molecule has 0 unspecified atom stereocenters. The van der Waals surface area contributed by atoms with Crippen LogP contribution in [-0.4, -0.2) is 32.6 Å². The summed E-state index contributed by atoms with van der Waals surface area (Å²) in [5.41, 5.74) is 0. The van der Waals surface area contributed by atoms with Crippen molar-refractivity contribution in [2.45, 2.75) is 33.0 Å². The van der Waals surface area contributed by atoms with Crippen LogP contribution < -0.4 is 5.32 Å². The summed E-state index contributed by atoms with van der Waals surface area (Å²) >= 11 is 0. The first-order chi connectivity index (χ1) is 6.36. The summed E-state index contributed by atoms with van der Waals surface area (Å²) in [6.07, 6.45) is 2.72. The molecule has 0 aromatic heterocycles. The molecule has 78 valence electrons. The van der Waals surface area contributed by atoms with E-state index in [9.17, 15) is 0 Å². The molecule has 0 saturated heterocycles. The normalized spacial score (nSPS) is 16.8. The van der Waals surface area contributed by atoms with Gasteiger partial charge in [-0.25, -0.2) is 0 Å². The van der Waals surface area contributed by atoms with Crippen molar-refractivity contribution in [2.24, 2.45) is 5.92 Å². The Bertz CT molecular complexity index is 120. The van der Waals surface area contributed by atoms with E-state index in [0.717, 1.165) is 32.2 Å². The number of hydrogen-bond acceptors (Lipinski definition) is 3. The lowest BCUT2D eigenvalue weighted by atomic mass is 10.4. The minimum Gasteiger partial charge on any atom is -0.352 e. The Morgan fingerprint density at radius 1 is 1.23 bits per heavy atom. The minimum atomic E-state index is -0.0613. The van der Waals surface area contributed by atoms with Crippen molar-refractivity contribution >= 4 is 0 Å². The van der Waals surface area contributed by atoms with E-state index in [2.05, 4.69) is 5.32 Å². The molecule has 0 atom stereocenters. The first-order valence-corrected chi connectivity index (χ1v) is 5.30. The van der Waals surface area contributed by atoms with Gasteiger partial charge in [-0.3, -0.25) is 0 Å². The number of nitrogens with one attached hydrogen (secondary N) is 1. The van der Waals surface area contributed by atoms with Crippen LogP contribution in [0.5, 0.6) is 0 Å². The second kappa shape index (κ2) is 6.35. The third-order valence-electron chi connectivity index (χ3n) is 2.15. The molecule has 13 heavy (non-hydrogen) atoms. The first kappa shape index (κ1) is 11.0. The second-order valence-electron chi connectivity index (χ2n) is 3.44. The predicted octanol–water partition coefficient (Wildman–Crippen LogP) is 1.39. The van der Waals surface area contributed by atoms with Crippen LogP contribution in [0.2, 0.25) is 0 Å². The molecule has 0 aromatic rings. The fourth-order valence-corrected chi connectivity index (χ4v) is 1.27. The monoisotopic (exact) mass is 187 g/mol. The summed E-state index contributed by atoms with van der Waals surface area (Å²) in [5, 5.41) is 3.37. The van der Waals surface area contributed by atoms with Crippen molar-refractivity contribution in [3.05, 3.63) is 0 Å². The van der Waals surface area contributed by atoms with Crippen LogP contribution >= 0.6 is 0 Å². The van der Waals surface area contributed by atoms with Crippen LogP contribution in [-0.2, 0) is 9.47 Å². The fourth-order valence-electron chi connectivity index (χ4n) is 1.27. The SMILES string of the molecule is CCOC(CNCC1CC1)OCC. The molecule has 1 rings (SSSR count). The molecule has 0 aliphatic heterocycles. The Hall–Kier alpha value is -0.120. The zero-order chi connectivity index (χ0) is 9.52. The lowest BCUT2D eigenvalue weighted by molar-refractivity contribution is -0.132. The van der Waals surface area contributed by atoms with E-state index in [-0.39, 0.29) is 6.29 Å². The van der Waals surface area contributed by atoms with Gasteiger partial charge >= 0.3 is 0 Å². The molecular weight excluding hydrogens is 166 g/mol. The van der Waals surface area contributed by atoms with Gasteiger partial charge < -0.3 is 14.8 Å². The minimum absolute atomic E-state index is 0.0613. The van der Waals surface area contributed by atoms with Gasteiger partial charge in [0.25, 0.3) is 0 Å². The maximum absolute atomic E-state index is 5.40. The molecule has 0 bridgehead atoms. The highest BCUT2D eigenvalue weighted by atomic mass is 16.7. The van der Waals surface area contributed by atoms with E-state index in [0.29, 0.717) is 0 Å². The molecule has 1 aliphatic rings. The summed E-state index contributed by atoms with van der Waals surface area (Å²) in [7, 11) is 0. The zero-order valence-electron chi connectivity index (χ0n) is 8.71. The lowest BCUT2D eigenvalue weighted by Crippen LogP contribution is -2.32. The molecule has 3 nitrogen and oxygen atoms in total. The lowest BCUT2D eigenvalue weighted by Gasteiger charge is -2.17. The van der Waals surface area contributed by atoms with E-state index in [4.69, 9.17) is 9.47 Å². The van der Waals surface area contributed by atoms with E-state index in [1.54, 1.807) is 0 Å². The van der Waals surface area contributed by atoms with Gasteiger partial charge in [-0.05, 0) is 39.2 Å². The molecule has 0 spiro atoms. The van der Waals surface area contributed by atoms with Crippen LogP contribution in [0.15, 0.2) is 0 Å². The Kier molecular flexibility index (Phi) is 5.35. The standard InChI is InChI=1S/C10H21NO2/c1-3-12-10(13-4-2)8-11-7-9-5-6-9/h9-11H,3-8H2,1-2H3. The smallest absolute Gasteiger partial charge is 0.169 e. The van der Waals surface area contributed by atoms with Gasteiger partial charge in [0.05, 0.1) is 0 Å². The average molecular weight is 187 g/mol. The van der Waals surface area contributed by atoms with Gasteiger partial charge in [0.15, 0.2) is 6.29 Å². The zero-order valence-corrected chi connectivity index (χ0v) is 8.71. The molecular formula is C10H21NO2. The predicted molar refractivity (Wildman–Crippen MR) is 52.6 cm³/mol. The van der Waals surface area contributed by atoms with Crippen molar-refractivity contribution in [3.8, 4) is 0 Å². The molecule has 1 saturated carbocycles. The molecule has 3 heteroatoms. The maximum atomic E-state index is 5.40. The second-order valence-corrected chi connectivity index (χ2v) is 3.44. The van der Waals surface area contributed by atoms with Crippen LogP contribution in [0.1, 0.15) is 26.7 Å². The number of ether oxygens (including phenoxy) is 2. The maximum Gasteiger partial charge on any atom is 0.169 e. The summed E-state index contributed by atoms with van der Waals surface area (Å²) in [4.78, 5) is 0. The Morgan fingerprint density at radius 3 is 2.31 bits per heavy atom. The van der Waals surface area contributed by atoms with E-state index in [1.165, 1.54) is 12.8 Å². The van der Waals surface area contributed by atoms with Gasteiger partial charge in [-0.15, -0.1) is 0 Å². The van der Waals surface area contributed by atoms with Gasteiger partial charge in [0.2, 0.25) is 0 Å². The third-order valence-corrected chi connectivity index (χ3v) is 2.15. The van der Waals surface area contributed by atoms with Gasteiger partial charge in [0.1, 0.15) is 0 Å². The van der Waals surface area contributed by atoms with E-state index >= 15 is 0 Å². The highest BCUT2D eigenvalue weighted by Crippen LogP contribution is 2.27. The molecule has 0 amide bonds. The molecule has 0 radical (unpaired) electrons. The van der Waals surface area contributed by atoms with Gasteiger partial charge in [0, 0.05) is 19.8 Å². The number of hydrogen-bond donors (Lipinski definition) is 1. The van der Waals surface area contributed by atoms with Crippen molar-refractivity contribution in [3.63, 3.8) is 0 Å². The third kappa shape index (κ3) is 5.24. The van der Waals surface area contributed by atoms with Gasteiger partial charge in [-0.2, -0.15) is 0 Å². The molecule has 1 fully saturated rings. The van der Waals surface area contributed by atoms with Crippen molar-refractivity contribution in [2.75, 3.05) is 26.3 Å². The summed E-state index contributed by atoms with van der Waals surface area (Å²) in [6.45, 7) is 7.36. The van der Waals surface area contributed by atoms with Crippen LogP contribution in [0.3, 0.4) is 0 Å². The van der Waals surface area contributed by atoms with Crippen LogP contribution in [0.25, 0.3) is 0 Å². The fraction of sp³-hybridized carbons (Fsp3) is 1.00. The van der Waals surface area contributed by atoms with Crippen LogP contribution in [0, 0.1) is 5.92 Å². The average Bonchev–Trinajstić information content (AvgIpc) is 2.89. The summed E-state index contributed by atoms with van der Waals surface area (Å²) < 4.78 is 10.8. The quantitative estimate of drug-likeness (QED) is 0.582. The van der Waals surface area contributed by atoms with E-state index < -0.39 is 0 Å². The van der Waals surface area contributed by atoms with Crippen molar-refractivity contribution in [1.29, 1.82) is 0 Å². The number of rotatable bonds is 8. The van der Waals surface area contributed by atoms with E-state index in [1.807, 2.05) is 13.8 Å². The van der Waals surface area contributed by atoms with Crippen molar-refractivity contribution in [1.82, 2.24) is 5.32 Å². The molecule has 0 aromatic carbocycles. The molecule has 1 N–H and O–H groups in total. The molecule has 0 heterocycles. The Morgan fingerprint density at radius 2 is 1.85 bits per heavy atom. The topological polar surface area (TPSA) is 30.5 Å². The largest absolute Gasteiger partial charge is 0.352 e. The van der Waals surface area contributed by atoms with Crippen molar-refractivity contribution < 1.29 is 9.47 Å². The van der Waals surface area contributed by atoms with Crippen LogP contribution in [0.4, 0.5) is 0 Å². The summed E-state index contributed by atoms with van der Waals surface area (Å²) in [5.74, 6) is 0.920. The first-order valence-electron chi connectivity index (χ1n) is 5.30. The summed E-state index contributed by atoms with van der Waals surface area (Å²) in [6, 6.07) is 0. The highest BCUT2D eigenvalue weighted by molar-refractivity contribution is 4.75. The highest BCUT2D eigenvalue weighted by Gasteiger charge is 2.20. The Balaban J connectivity index is 1.98.